The van der Waals surface area contributed by atoms with Crippen LogP contribution in [0.2, 0.25) is 5.02 Å². The van der Waals surface area contributed by atoms with E-state index in [-0.39, 0.29) is 0 Å². The third-order valence-electron chi connectivity index (χ3n) is 3.71. The molecular weight excluding hydrogens is 300 g/mol. The van der Waals surface area contributed by atoms with Crippen molar-refractivity contribution in [3.05, 3.63) is 53.1 Å². The lowest BCUT2D eigenvalue weighted by Gasteiger charge is -2.27. The van der Waals surface area contributed by atoms with E-state index in [0.717, 1.165) is 22.9 Å². The molecule has 0 bridgehead atoms. The lowest BCUT2D eigenvalue weighted by molar-refractivity contribution is 0.728. The molecule has 0 aliphatic carbocycles. The van der Waals surface area contributed by atoms with E-state index in [1.165, 1.54) is 16.1 Å². The highest BCUT2D eigenvalue weighted by atomic mass is 35.5. The van der Waals surface area contributed by atoms with E-state index in [4.69, 9.17) is 11.6 Å². The first-order chi connectivity index (χ1) is 10.1. The molecule has 1 unspecified atom stereocenters. The van der Waals surface area contributed by atoms with Crippen LogP contribution in [0.25, 0.3) is 0 Å². The van der Waals surface area contributed by atoms with E-state index in [2.05, 4.69) is 60.7 Å². The van der Waals surface area contributed by atoms with Crippen LogP contribution in [0.3, 0.4) is 0 Å². The Hall–Kier alpha value is -1.32. The number of nitrogens with one attached hydrogen (secondary N) is 1. The van der Waals surface area contributed by atoms with Crippen LogP contribution in [0.4, 0.5) is 11.4 Å². The number of halogens is 1. The first kappa shape index (κ1) is 14.6. The van der Waals surface area contributed by atoms with Crippen LogP contribution in [-0.4, -0.2) is 19.8 Å². The quantitative estimate of drug-likeness (QED) is 0.852. The van der Waals surface area contributed by atoms with Gasteiger partial charge in [0.1, 0.15) is 0 Å². The Morgan fingerprint density at radius 3 is 2.86 bits per heavy atom. The summed E-state index contributed by atoms with van der Waals surface area (Å²) in [5.74, 6) is 1.14. The van der Waals surface area contributed by atoms with Crippen LogP contribution >= 0.6 is 23.4 Å². The number of rotatable bonds is 3. The van der Waals surface area contributed by atoms with Crippen molar-refractivity contribution in [1.82, 2.24) is 0 Å². The fraction of sp³-hybridized carbons (Fsp3) is 0.294. The molecule has 21 heavy (non-hydrogen) atoms. The van der Waals surface area contributed by atoms with Crippen molar-refractivity contribution in [3.8, 4) is 0 Å². The highest BCUT2D eigenvalue weighted by Gasteiger charge is 2.21. The molecule has 0 amide bonds. The SMILES string of the molecule is CN(C)c1cccc(NC2CCSc3ccc(Cl)cc32)c1. The third-order valence-corrected chi connectivity index (χ3v) is 5.07. The van der Waals surface area contributed by atoms with Crippen molar-refractivity contribution in [2.45, 2.75) is 17.4 Å². The number of benzene rings is 2. The Morgan fingerprint density at radius 2 is 2.05 bits per heavy atom. The van der Waals surface area contributed by atoms with Gasteiger partial charge in [0.05, 0.1) is 6.04 Å². The molecule has 2 aromatic rings. The van der Waals surface area contributed by atoms with Crippen LogP contribution < -0.4 is 10.2 Å². The van der Waals surface area contributed by atoms with Crippen molar-refractivity contribution in [2.24, 2.45) is 0 Å². The largest absolute Gasteiger partial charge is 0.378 e. The molecule has 1 heterocycles. The van der Waals surface area contributed by atoms with Crippen molar-refractivity contribution in [2.75, 3.05) is 30.1 Å². The number of anilines is 2. The molecule has 0 saturated heterocycles. The van der Waals surface area contributed by atoms with Crippen LogP contribution in [0, 0.1) is 0 Å². The van der Waals surface area contributed by atoms with E-state index < -0.39 is 0 Å². The van der Waals surface area contributed by atoms with E-state index in [0.29, 0.717) is 6.04 Å². The van der Waals surface area contributed by atoms with Crippen molar-refractivity contribution in [1.29, 1.82) is 0 Å². The summed E-state index contributed by atoms with van der Waals surface area (Å²) in [5, 5.41) is 4.47. The molecule has 1 aliphatic rings. The van der Waals surface area contributed by atoms with Crippen molar-refractivity contribution in [3.63, 3.8) is 0 Å². The fourth-order valence-corrected chi connectivity index (χ4v) is 3.88. The number of fused-ring (bicyclic) bond motifs is 1. The topological polar surface area (TPSA) is 15.3 Å². The summed E-state index contributed by atoms with van der Waals surface area (Å²) in [6.45, 7) is 0. The summed E-state index contributed by atoms with van der Waals surface area (Å²) >= 11 is 8.08. The van der Waals surface area contributed by atoms with E-state index in [1.807, 2.05) is 17.8 Å². The lowest BCUT2D eigenvalue weighted by Crippen LogP contribution is -2.16. The van der Waals surface area contributed by atoms with Crippen molar-refractivity contribution < 1.29 is 0 Å². The summed E-state index contributed by atoms with van der Waals surface area (Å²) in [6, 6.07) is 15.1. The second-order valence-electron chi connectivity index (χ2n) is 5.46. The van der Waals surface area contributed by atoms with Gasteiger partial charge in [-0.25, -0.2) is 0 Å². The maximum Gasteiger partial charge on any atom is 0.0533 e. The first-order valence-corrected chi connectivity index (χ1v) is 8.46. The lowest BCUT2D eigenvalue weighted by atomic mass is 10.0. The maximum absolute atomic E-state index is 6.17. The fourth-order valence-electron chi connectivity index (χ4n) is 2.59. The molecule has 1 aliphatic heterocycles. The maximum atomic E-state index is 6.17. The van der Waals surface area contributed by atoms with Crippen LogP contribution in [0.1, 0.15) is 18.0 Å². The third kappa shape index (κ3) is 3.30. The molecule has 1 N–H and O–H groups in total. The second-order valence-corrected chi connectivity index (χ2v) is 7.03. The van der Waals surface area contributed by atoms with Gasteiger partial charge in [-0.1, -0.05) is 17.7 Å². The van der Waals surface area contributed by atoms with Crippen LogP contribution in [0.15, 0.2) is 47.4 Å². The Balaban J connectivity index is 1.86. The van der Waals surface area contributed by atoms with Gasteiger partial charge in [0, 0.05) is 41.1 Å². The second kappa shape index (κ2) is 6.20. The van der Waals surface area contributed by atoms with Gasteiger partial charge in [-0.2, -0.15) is 0 Å². The van der Waals surface area contributed by atoms with Gasteiger partial charge in [0.25, 0.3) is 0 Å². The van der Waals surface area contributed by atoms with Gasteiger partial charge in [-0.15, -0.1) is 11.8 Å². The van der Waals surface area contributed by atoms with Crippen LogP contribution in [-0.2, 0) is 0 Å². The summed E-state index contributed by atoms with van der Waals surface area (Å²) < 4.78 is 0. The zero-order valence-electron chi connectivity index (χ0n) is 12.3. The summed E-state index contributed by atoms with van der Waals surface area (Å²) in [4.78, 5) is 3.46. The van der Waals surface area contributed by atoms with Gasteiger partial charge in [0.15, 0.2) is 0 Å². The first-order valence-electron chi connectivity index (χ1n) is 7.09. The predicted molar refractivity (Wildman–Crippen MR) is 93.9 cm³/mol. The summed E-state index contributed by atoms with van der Waals surface area (Å²) in [6.07, 6.45) is 1.12. The van der Waals surface area contributed by atoms with Crippen LogP contribution in [0.5, 0.6) is 0 Å². The minimum Gasteiger partial charge on any atom is -0.378 e. The molecular formula is C17H19ClN2S. The highest BCUT2D eigenvalue weighted by Crippen LogP contribution is 2.39. The average molecular weight is 319 g/mol. The summed E-state index contributed by atoms with van der Waals surface area (Å²) in [7, 11) is 4.12. The predicted octanol–water partition coefficient (Wildman–Crippen LogP) is 5.06. The molecule has 2 nitrogen and oxygen atoms in total. The van der Waals surface area contributed by atoms with Gasteiger partial charge in [-0.3, -0.25) is 0 Å². The molecule has 4 heteroatoms. The molecule has 0 spiro atoms. The minimum absolute atomic E-state index is 0.331. The molecule has 110 valence electrons. The van der Waals surface area contributed by atoms with Gasteiger partial charge in [0.2, 0.25) is 0 Å². The molecule has 3 rings (SSSR count). The van der Waals surface area contributed by atoms with Gasteiger partial charge in [-0.05, 0) is 48.4 Å². The normalized spacial score (nSPS) is 17.2. The Bertz CT molecular complexity index is 642. The van der Waals surface area contributed by atoms with E-state index >= 15 is 0 Å². The zero-order chi connectivity index (χ0) is 14.8. The zero-order valence-corrected chi connectivity index (χ0v) is 13.8. The average Bonchev–Trinajstić information content (AvgIpc) is 2.48. The number of hydrogen-bond acceptors (Lipinski definition) is 3. The Kier molecular flexibility index (Phi) is 4.32. The molecule has 0 radical (unpaired) electrons. The highest BCUT2D eigenvalue weighted by molar-refractivity contribution is 7.99. The molecule has 0 aromatic heterocycles. The van der Waals surface area contributed by atoms with Crippen molar-refractivity contribution >= 4 is 34.7 Å². The number of thioether (sulfide) groups is 1. The molecule has 2 aromatic carbocycles. The Morgan fingerprint density at radius 1 is 1.19 bits per heavy atom. The monoisotopic (exact) mass is 318 g/mol. The van der Waals surface area contributed by atoms with E-state index in [1.54, 1.807) is 0 Å². The molecule has 1 atom stereocenters. The van der Waals surface area contributed by atoms with Gasteiger partial charge >= 0.3 is 0 Å². The minimum atomic E-state index is 0.331. The molecule has 0 fully saturated rings. The summed E-state index contributed by atoms with van der Waals surface area (Å²) in [5.41, 5.74) is 3.68. The Labute approximate surface area is 135 Å². The van der Waals surface area contributed by atoms with Gasteiger partial charge < -0.3 is 10.2 Å². The number of hydrogen-bond donors (Lipinski definition) is 1. The smallest absolute Gasteiger partial charge is 0.0533 e. The molecule has 0 saturated carbocycles. The number of nitrogens with zero attached hydrogens (tertiary/aromatic N) is 1. The van der Waals surface area contributed by atoms with E-state index in [9.17, 15) is 0 Å². The standard InChI is InChI=1S/C17H19ClN2S/c1-20(2)14-5-3-4-13(11-14)19-16-8-9-21-17-7-6-12(18)10-15(16)17/h3-7,10-11,16,19H,8-9H2,1-2H3.